The predicted octanol–water partition coefficient (Wildman–Crippen LogP) is 1.67. The van der Waals surface area contributed by atoms with Crippen LogP contribution in [0.5, 0.6) is 0 Å². The van der Waals surface area contributed by atoms with Gasteiger partial charge in [0.15, 0.2) is 5.54 Å². The van der Waals surface area contributed by atoms with Gasteiger partial charge < -0.3 is 16.4 Å². The van der Waals surface area contributed by atoms with Crippen molar-refractivity contribution in [2.45, 2.75) is 5.54 Å². The summed E-state index contributed by atoms with van der Waals surface area (Å²) in [5.74, 6) is -1.68. The maximum absolute atomic E-state index is 12.4. The lowest BCUT2D eigenvalue weighted by molar-refractivity contribution is -0.123. The van der Waals surface area contributed by atoms with Crippen molar-refractivity contribution in [1.82, 2.24) is 10.6 Å². The number of rotatable bonds is 5. The van der Waals surface area contributed by atoms with Crippen LogP contribution in [0.3, 0.4) is 0 Å². The molecule has 29 heavy (non-hydrogen) atoms. The summed E-state index contributed by atoms with van der Waals surface area (Å²) in [6, 6.07) is 10.9. The highest BCUT2D eigenvalue weighted by Crippen LogP contribution is 2.28. The minimum absolute atomic E-state index is 0.0159. The van der Waals surface area contributed by atoms with Gasteiger partial charge in [0.1, 0.15) is 5.71 Å². The van der Waals surface area contributed by atoms with Crippen LogP contribution in [0.1, 0.15) is 15.9 Å². The average Bonchev–Trinajstić information content (AvgIpc) is 3.13. The fourth-order valence-corrected chi connectivity index (χ4v) is 3.60. The molecule has 2 aromatic carbocycles. The summed E-state index contributed by atoms with van der Waals surface area (Å²) in [6.07, 6.45) is 0. The fraction of sp³-hybridized carbons (Fsp3) is 0.158. The number of nitrogens with zero attached hydrogens (tertiary/aromatic N) is 1. The van der Waals surface area contributed by atoms with Gasteiger partial charge in [-0.05, 0) is 35.9 Å². The maximum Gasteiger partial charge on any atom is 0.267 e. The largest absolute Gasteiger partial charge is 0.367 e. The molecule has 3 rings (SSSR count). The highest BCUT2D eigenvalue weighted by molar-refractivity contribution is 6.47. The summed E-state index contributed by atoms with van der Waals surface area (Å²) in [7, 11) is 1.44. The Morgan fingerprint density at radius 1 is 1.07 bits per heavy atom. The predicted molar refractivity (Wildman–Crippen MR) is 111 cm³/mol. The van der Waals surface area contributed by atoms with Crippen LogP contribution in [-0.2, 0) is 15.1 Å². The molecule has 1 atom stereocenters. The third-order valence-corrected chi connectivity index (χ3v) is 4.89. The van der Waals surface area contributed by atoms with Crippen LogP contribution in [-0.4, -0.2) is 37.1 Å². The number of carbonyl (C=O) groups excluding carboxylic acids is 3. The lowest BCUT2D eigenvalue weighted by Gasteiger charge is -2.27. The summed E-state index contributed by atoms with van der Waals surface area (Å²) in [5.41, 5.74) is 5.23. The van der Waals surface area contributed by atoms with Gasteiger partial charge in [-0.1, -0.05) is 35.3 Å². The topological polar surface area (TPSA) is 126 Å². The Balaban J connectivity index is 1.87. The van der Waals surface area contributed by atoms with E-state index in [0.29, 0.717) is 26.9 Å². The number of primary amides is 1. The van der Waals surface area contributed by atoms with Gasteiger partial charge >= 0.3 is 0 Å². The first kappa shape index (κ1) is 20.8. The first-order valence-electron chi connectivity index (χ1n) is 8.48. The number of benzene rings is 2. The lowest BCUT2D eigenvalue weighted by atomic mass is 9.84. The number of amides is 3. The van der Waals surface area contributed by atoms with Crippen molar-refractivity contribution < 1.29 is 14.4 Å². The molecule has 150 valence electrons. The van der Waals surface area contributed by atoms with Crippen LogP contribution in [0.4, 0.5) is 5.69 Å². The van der Waals surface area contributed by atoms with Crippen LogP contribution in [0.2, 0.25) is 10.0 Å². The third-order valence-electron chi connectivity index (χ3n) is 4.45. The van der Waals surface area contributed by atoms with Gasteiger partial charge in [0.2, 0.25) is 5.91 Å². The van der Waals surface area contributed by atoms with Gasteiger partial charge in [-0.25, -0.2) is 0 Å². The van der Waals surface area contributed by atoms with Crippen molar-refractivity contribution in [1.29, 1.82) is 0 Å². The van der Waals surface area contributed by atoms with E-state index in [1.807, 2.05) is 0 Å². The molecule has 0 spiro atoms. The van der Waals surface area contributed by atoms with Crippen molar-refractivity contribution in [3.8, 4) is 0 Å². The molecule has 1 heterocycles. The molecule has 5 N–H and O–H groups in total. The lowest BCUT2D eigenvalue weighted by Crippen LogP contribution is -2.58. The van der Waals surface area contributed by atoms with E-state index in [4.69, 9.17) is 28.9 Å². The van der Waals surface area contributed by atoms with E-state index >= 15 is 0 Å². The van der Waals surface area contributed by atoms with E-state index in [0.717, 1.165) is 0 Å². The molecule has 1 unspecified atom stereocenters. The van der Waals surface area contributed by atoms with Crippen LogP contribution >= 0.6 is 23.2 Å². The van der Waals surface area contributed by atoms with Gasteiger partial charge in [0, 0.05) is 28.3 Å². The second-order valence-corrected chi connectivity index (χ2v) is 7.10. The molecule has 8 nitrogen and oxygen atoms in total. The summed E-state index contributed by atoms with van der Waals surface area (Å²) < 4.78 is 0. The Kier molecular flexibility index (Phi) is 5.88. The minimum Gasteiger partial charge on any atom is -0.367 e. The van der Waals surface area contributed by atoms with E-state index in [9.17, 15) is 14.4 Å². The Morgan fingerprint density at radius 2 is 1.69 bits per heavy atom. The van der Waals surface area contributed by atoms with E-state index in [2.05, 4.69) is 20.9 Å². The Morgan fingerprint density at radius 3 is 2.24 bits per heavy atom. The number of halogens is 2. The molecule has 3 amide bonds. The number of hydrogen-bond acceptors (Lipinski definition) is 5. The Labute approximate surface area is 176 Å². The molecule has 0 fully saturated rings. The molecular weight excluding hydrogens is 417 g/mol. The van der Waals surface area contributed by atoms with Crippen molar-refractivity contribution in [3.63, 3.8) is 0 Å². The van der Waals surface area contributed by atoms with Crippen LogP contribution in [0.15, 0.2) is 47.5 Å². The monoisotopic (exact) mass is 433 g/mol. The third kappa shape index (κ3) is 3.95. The summed E-state index contributed by atoms with van der Waals surface area (Å²) in [5, 5.41) is 8.75. The van der Waals surface area contributed by atoms with Crippen molar-refractivity contribution in [2.75, 3.05) is 19.0 Å². The molecule has 0 bridgehead atoms. The standard InChI is InChI=1S/C19H17Cl2N5O3/c1-23-17(28)15-19(18(22)29,25-9-24-15)11-2-4-14(5-3-11)26-16(27)10-6-12(20)8-13(21)7-10/h2-8,25H,9H2,1H3,(H2,22,29)(H,23,28)(H,26,27). The zero-order valence-corrected chi connectivity index (χ0v) is 16.8. The molecule has 2 aromatic rings. The van der Waals surface area contributed by atoms with Crippen molar-refractivity contribution in [3.05, 3.63) is 63.6 Å². The summed E-state index contributed by atoms with van der Waals surface area (Å²) in [4.78, 5) is 40.9. The molecule has 1 aliphatic heterocycles. The van der Waals surface area contributed by atoms with Gasteiger partial charge in [-0.3, -0.25) is 24.7 Å². The van der Waals surface area contributed by atoms with Gasteiger partial charge in [0.05, 0.1) is 6.67 Å². The van der Waals surface area contributed by atoms with E-state index in [1.54, 1.807) is 24.3 Å². The molecular formula is C19H17Cl2N5O3. The van der Waals surface area contributed by atoms with Crippen molar-refractivity contribution >= 4 is 52.3 Å². The summed E-state index contributed by atoms with van der Waals surface area (Å²) >= 11 is 11.9. The molecule has 0 aromatic heterocycles. The van der Waals surface area contributed by atoms with Crippen molar-refractivity contribution in [2.24, 2.45) is 10.7 Å². The average molecular weight is 434 g/mol. The zero-order valence-electron chi connectivity index (χ0n) is 15.3. The molecule has 0 aliphatic carbocycles. The van der Waals surface area contributed by atoms with Crippen LogP contribution < -0.4 is 21.7 Å². The number of carbonyl (C=O) groups is 3. The molecule has 10 heteroatoms. The van der Waals surface area contributed by atoms with E-state index in [1.165, 1.54) is 25.2 Å². The molecule has 0 saturated carbocycles. The van der Waals surface area contributed by atoms with Crippen LogP contribution in [0, 0.1) is 0 Å². The molecule has 1 aliphatic rings. The van der Waals surface area contributed by atoms with E-state index in [-0.39, 0.29) is 12.4 Å². The SMILES string of the molecule is CNC(=O)C1=NCNC1(C(N)=O)c1ccc(NC(=O)c2cc(Cl)cc(Cl)c2)cc1. The number of nitrogens with one attached hydrogen (secondary N) is 3. The smallest absolute Gasteiger partial charge is 0.267 e. The Bertz CT molecular complexity index is 1000. The quantitative estimate of drug-likeness (QED) is 0.571. The summed E-state index contributed by atoms with van der Waals surface area (Å²) in [6.45, 7) is 0.0692. The zero-order chi connectivity index (χ0) is 21.2. The molecule has 0 radical (unpaired) electrons. The number of anilines is 1. The number of hydrogen-bond donors (Lipinski definition) is 4. The first-order chi connectivity index (χ1) is 13.8. The van der Waals surface area contributed by atoms with E-state index < -0.39 is 23.3 Å². The highest BCUT2D eigenvalue weighted by atomic mass is 35.5. The number of nitrogens with two attached hydrogens (primary N) is 1. The normalized spacial score (nSPS) is 18.1. The van der Waals surface area contributed by atoms with Gasteiger partial charge in [0.25, 0.3) is 11.8 Å². The fourth-order valence-electron chi connectivity index (χ4n) is 3.08. The highest BCUT2D eigenvalue weighted by Gasteiger charge is 2.49. The minimum atomic E-state index is -1.55. The maximum atomic E-state index is 12.4. The number of aliphatic imine (C=N–C) groups is 1. The second kappa shape index (κ2) is 8.20. The van der Waals surface area contributed by atoms with Crippen LogP contribution in [0.25, 0.3) is 0 Å². The van der Waals surface area contributed by atoms with Gasteiger partial charge in [-0.15, -0.1) is 0 Å². The Hall–Kier alpha value is -2.94. The first-order valence-corrected chi connectivity index (χ1v) is 9.23. The second-order valence-electron chi connectivity index (χ2n) is 6.22. The molecule has 0 saturated heterocycles. The van der Waals surface area contributed by atoms with Gasteiger partial charge in [-0.2, -0.15) is 0 Å².